The SMILES string of the molecule is C=C(C)[C@@H]1CC[C@]2(CO)CC[C@]3(C)C(CC[C@@H]4[C@@]5(C)CCC(O)[C@@](C)(CO)[C@@H]5CC[C@]43C)[C@@H]12. The van der Waals surface area contributed by atoms with E-state index in [0.717, 1.165) is 19.3 Å². The third-order valence-electron chi connectivity index (χ3n) is 13.7. The largest absolute Gasteiger partial charge is 0.396 e. The third-order valence-corrected chi connectivity index (χ3v) is 13.7. The molecule has 188 valence electrons. The molecule has 0 aromatic carbocycles. The summed E-state index contributed by atoms with van der Waals surface area (Å²) in [6, 6.07) is 0. The summed E-state index contributed by atoms with van der Waals surface area (Å²) in [5.41, 5.74) is 1.83. The molecular weight excluding hydrogens is 408 g/mol. The Morgan fingerprint density at radius 3 is 2.15 bits per heavy atom. The third kappa shape index (κ3) is 2.85. The minimum Gasteiger partial charge on any atom is -0.396 e. The highest BCUT2D eigenvalue weighted by molar-refractivity contribution is 5.21. The number of rotatable bonds is 3. The van der Waals surface area contributed by atoms with Gasteiger partial charge in [-0.2, -0.15) is 0 Å². The van der Waals surface area contributed by atoms with Crippen LogP contribution in [0, 0.1) is 56.7 Å². The first-order valence-electron chi connectivity index (χ1n) is 14.0. The van der Waals surface area contributed by atoms with Crippen molar-refractivity contribution in [3.05, 3.63) is 12.2 Å². The monoisotopic (exact) mass is 458 g/mol. The molecule has 3 heteroatoms. The molecule has 5 fully saturated rings. The number of aliphatic hydroxyl groups is 3. The second-order valence-corrected chi connectivity index (χ2v) is 14.4. The van der Waals surface area contributed by atoms with Crippen molar-refractivity contribution in [2.75, 3.05) is 13.2 Å². The Kier molecular flexibility index (Phi) is 5.57. The summed E-state index contributed by atoms with van der Waals surface area (Å²) in [4.78, 5) is 0. The zero-order chi connectivity index (χ0) is 24.0. The van der Waals surface area contributed by atoms with Gasteiger partial charge in [0.2, 0.25) is 0 Å². The van der Waals surface area contributed by atoms with Crippen molar-refractivity contribution in [1.82, 2.24) is 0 Å². The lowest BCUT2D eigenvalue weighted by atomic mass is 9.32. The Bertz CT molecular complexity index is 808. The number of aliphatic hydroxyl groups excluding tert-OH is 3. The number of fused-ring (bicyclic) bond motifs is 7. The summed E-state index contributed by atoms with van der Waals surface area (Å²) in [5.74, 6) is 2.86. The van der Waals surface area contributed by atoms with Crippen LogP contribution < -0.4 is 0 Å². The highest BCUT2D eigenvalue weighted by Gasteiger charge is 2.71. The predicted molar refractivity (Wildman–Crippen MR) is 133 cm³/mol. The van der Waals surface area contributed by atoms with Crippen LogP contribution >= 0.6 is 0 Å². The molecule has 0 saturated heterocycles. The van der Waals surface area contributed by atoms with Crippen molar-refractivity contribution in [2.45, 2.75) is 105 Å². The molecule has 0 radical (unpaired) electrons. The molecule has 0 aliphatic heterocycles. The molecule has 0 bridgehead atoms. The van der Waals surface area contributed by atoms with E-state index in [1.165, 1.54) is 50.5 Å². The van der Waals surface area contributed by atoms with Crippen molar-refractivity contribution in [2.24, 2.45) is 56.7 Å². The second kappa shape index (κ2) is 7.56. The van der Waals surface area contributed by atoms with Gasteiger partial charge in [-0.25, -0.2) is 0 Å². The summed E-state index contributed by atoms with van der Waals surface area (Å²) in [6.45, 7) is 17.0. The van der Waals surface area contributed by atoms with Crippen molar-refractivity contribution >= 4 is 0 Å². The van der Waals surface area contributed by atoms with Gasteiger partial charge < -0.3 is 15.3 Å². The van der Waals surface area contributed by atoms with Crippen LogP contribution in [0.1, 0.15) is 98.8 Å². The van der Waals surface area contributed by atoms with E-state index >= 15 is 0 Å². The minimum absolute atomic E-state index is 0.0964. The summed E-state index contributed by atoms with van der Waals surface area (Å²) in [5, 5.41) is 32.0. The summed E-state index contributed by atoms with van der Waals surface area (Å²) in [6.07, 6.45) is 11.2. The average Bonchev–Trinajstić information content (AvgIpc) is 3.17. The minimum atomic E-state index is -0.383. The molecule has 3 N–H and O–H groups in total. The smallest absolute Gasteiger partial charge is 0.0618 e. The van der Waals surface area contributed by atoms with Gasteiger partial charge in [-0.05, 0) is 122 Å². The quantitative estimate of drug-likeness (QED) is 0.457. The lowest BCUT2D eigenvalue weighted by Gasteiger charge is -2.73. The van der Waals surface area contributed by atoms with Gasteiger partial charge in [0.1, 0.15) is 0 Å². The molecule has 0 heterocycles. The summed E-state index contributed by atoms with van der Waals surface area (Å²) >= 11 is 0. The Morgan fingerprint density at radius 2 is 1.52 bits per heavy atom. The van der Waals surface area contributed by atoms with E-state index in [-0.39, 0.29) is 39.8 Å². The zero-order valence-corrected chi connectivity index (χ0v) is 22.0. The first-order valence-corrected chi connectivity index (χ1v) is 14.0. The standard InChI is InChI=1S/C30H50O3/c1-19(2)20-9-14-30(18-32)16-15-28(5)21(25(20)30)7-8-23-26(3)12-11-24(33)27(4,17-31)22(26)10-13-29(23,28)6/h20-25,31-33H,1,7-18H2,2-6H3/t20-,21?,22+,23+,24?,25+,26-,27-,28+,29+,30+/m0/s1. The van der Waals surface area contributed by atoms with Crippen LogP contribution in [0.25, 0.3) is 0 Å². The molecule has 5 aliphatic rings. The van der Waals surface area contributed by atoms with Gasteiger partial charge in [0.15, 0.2) is 0 Å². The molecule has 2 unspecified atom stereocenters. The van der Waals surface area contributed by atoms with Crippen LogP contribution in [-0.4, -0.2) is 34.6 Å². The molecule has 0 spiro atoms. The molecule has 5 rings (SSSR count). The Hall–Kier alpha value is -0.380. The molecule has 0 aromatic heterocycles. The fourth-order valence-corrected chi connectivity index (χ4v) is 11.6. The van der Waals surface area contributed by atoms with Gasteiger partial charge in [0.05, 0.1) is 12.7 Å². The van der Waals surface area contributed by atoms with Gasteiger partial charge in [-0.1, -0.05) is 39.8 Å². The number of allylic oxidation sites excluding steroid dienone is 1. The number of hydrogen-bond donors (Lipinski definition) is 3. The first-order chi connectivity index (χ1) is 15.4. The molecule has 0 aromatic rings. The van der Waals surface area contributed by atoms with E-state index in [2.05, 4.69) is 41.2 Å². The molecule has 0 amide bonds. The van der Waals surface area contributed by atoms with Crippen LogP contribution in [0.5, 0.6) is 0 Å². The predicted octanol–water partition coefficient (Wildman–Crippen LogP) is 5.97. The molecule has 33 heavy (non-hydrogen) atoms. The van der Waals surface area contributed by atoms with Crippen LogP contribution in [-0.2, 0) is 0 Å². The van der Waals surface area contributed by atoms with Crippen LogP contribution in [0.3, 0.4) is 0 Å². The number of hydrogen-bond acceptors (Lipinski definition) is 3. The molecule has 5 saturated carbocycles. The zero-order valence-electron chi connectivity index (χ0n) is 22.0. The van der Waals surface area contributed by atoms with E-state index in [4.69, 9.17) is 0 Å². The van der Waals surface area contributed by atoms with Crippen molar-refractivity contribution in [3.8, 4) is 0 Å². The molecule has 5 aliphatic carbocycles. The maximum atomic E-state index is 10.9. The Morgan fingerprint density at radius 1 is 0.788 bits per heavy atom. The maximum absolute atomic E-state index is 10.9. The van der Waals surface area contributed by atoms with Gasteiger partial charge in [0.25, 0.3) is 0 Å². The topological polar surface area (TPSA) is 60.7 Å². The van der Waals surface area contributed by atoms with E-state index in [1.54, 1.807) is 0 Å². The van der Waals surface area contributed by atoms with Crippen molar-refractivity contribution < 1.29 is 15.3 Å². The van der Waals surface area contributed by atoms with E-state index in [1.807, 2.05) is 0 Å². The van der Waals surface area contributed by atoms with Crippen molar-refractivity contribution in [1.29, 1.82) is 0 Å². The van der Waals surface area contributed by atoms with Crippen LogP contribution in [0.15, 0.2) is 12.2 Å². The highest BCUT2D eigenvalue weighted by Crippen LogP contribution is 2.77. The fourth-order valence-electron chi connectivity index (χ4n) is 11.6. The average molecular weight is 459 g/mol. The van der Waals surface area contributed by atoms with Gasteiger partial charge in [0, 0.05) is 12.0 Å². The first kappa shape index (κ1) is 24.3. The van der Waals surface area contributed by atoms with Gasteiger partial charge >= 0.3 is 0 Å². The van der Waals surface area contributed by atoms with Gasteiger partial charge in [-0.3, -0.25) is 0 Å². The second-order valence-electron chi connectivity index (χ2n) is 14.4. The summed E-state index contributed by atoms with van der Waals surface area (Å²) < 4.78 is 0. The lowest BCUT2D eigenvalue weighted by molar-refractivity contribution is -0.255. The van der Waals surface area contributed by atoms with Crippen LogP contribution in [0.4, 0.5) is 0 Å². The lowest BCUT2D eigenvalue weighted by Crippen LogP contribution is -2.67. The molecule has 11 atom stereocenters. The van der Waals surface area contributed by atoms with E-state index < -0.39 is 0 Å². The molecular formula is C30H50O3. The molecule has 3 nitrogen and oxygen atoms in total. The van der Waals surface area contributed by atoms with Crippen LogP contribution in [0.2, 0.25) is 0 Å². The Balaban J connectivity index is 1.55. The van der Waals surface area contributed by atoms with E-state index in [9.17, 15) is 15.3 Å². The highest BCUT2D eigenvalue weighted by atomic mass is 16.3. The van der Waals surface area contributed by atoms with Crippen molar-refractivity contribution in [3.63, 3.8) is 0 Å². The maximum Gasteiger partial charge on any atom is 0.0618 e. The Labute approximate surface area is 202 Å². The van der Waals surface area contributed by atoms with Gasteiger partial charge in [-0.15, -0.1) is 0 Å². The summed E-state index contributed by atoms with van der Waals surface area (Å²) in [7, 11) is 0. The normalized spacial score (nSPS) is 58.1. The fraction of sp³-hybridized carbons (Fsp3) is 0.933. The van der Waals surface area contributed by atoms with E-state index in [0.29, 0.717) is 36.2 Å².